The van der Waals surface area contributed by atoms with Crippen molar-refractivity contribution in [3.63, 3.8) is 0 Å². The third-order valence-corrected chi connectivity index (χ3v) is 6.99. The van der Waals surface area contributed by atoms with Crippen LogP contribution in [-0.4, -0.2) is 32.8 Å². The summed E-state index contributed by atoms with van der Waals surface area (Å²) in [7, 11) is -3.31. The SMILES string of the molecule is CC(C)S(=O)(=O)N[C@H]1CCNC[C@@H]1c1ccc(-c2ccccc2C#N)cc1. The van der Waals surface area contributed by atoms with Crippen LogP contribution in [0, 0.1) is 11.3 Å². The minimum atomic E-state index is -3.31. The van der Waals surface area contributed by atoms with Crippen LogP contribution in [0.5, 0.6) is 0 Å². The quantitative estimate of drug-likeness (QED) is 0.832. The molecule has 2 aromatic carbocycles. The van der Waals surface area contributed by atoms with Crippen LogP contribution < -0.4 is 10.0 Å². The highest BCUT2D eigenvalue weighted by Crippen LogP contribution is 2.29. The van der Waals surface area contributed by atoms with E-state index >= 15 is 0 Å². The molecule has 0 spiro atoms. The van der Waals surface area contributed by atoms with E-state index in [0.717, 1.165) is 36.2 Å². The first-order chi connectivity index (χ1) is 12.9. The Labute approximate surface area is 161 Å². The van der Waals surface area contributed by atoms with Gasteiger partial charge in [0.2, 0.25) is 10.0 Å². The van der Waals surface area contributed by atoms with Gasteiger partial charge < -0.3 is 5.32 Å². The molecule has 0 radical (unpaired) electrons. The number of benzene rings is 2. The summed E-state index contributed by atoms with van der Waals surface area (Å²) in [6.45, 7) is 4.93. The number of nitriles is 1. The van der Waals surface area contributed by atoms with Crippen molar-refractivity contribution in [2.24, 2.45) is 0 Å². The first-order valence-electron chi connectivity index (χ1n) is 9.23. The van der Waals surface area contributed by atoms with Crippen LogP contribution in [0.3, 0.4) is 0 Å². The molecule has 1 heterocycles. The third-order valence-electron chi connectivity index (χ3n) is 5.12. The van der Waals surface area contributed by atoms with E-state index in [1.54, 1.807) is 13.8 Å². The molecule has 0 amide bonds. The number of nitrogens with one attached hydrogen (secondary N) is 2. The summed E-state index contributed by atoms with van der Waals surface area (Å²) in [5.41, 5.74) is 3.63. The van der Waals surface area contributed by atoms with Gasteiger partial charge in [0, 0.05) is 18.5 Å². The Morgan fingerprint density at radius 1 is 1.15 bits per heavy atom. The molecule has 1 aliphatic heterocycles. The number of hydrogen-bond acceptors (Lipinski definition) is 4. The highest BCUT2D eigenvalue weighted by molar-refractivity contribution is 7.90. The molecular weight excluding hydrogens is 358 g/mol. The van der Waals surface area contributed by atoms with E-state index in [4.69, 9.17) is 0 Å². The summed E-state index contributed by atoms with van der Waals surface area (Å²) < 4.78 is 27.5. The zero-order valence-electron chi connectivity index (χ0n) is 15.6. The molecule has 0 saturated carbocycles. The van der Waals surface area contributed by atoms with E-state index in [1.165, 1.54) is 0 Å². The second-order valence-electron chi connectivity index (χ2n) is 7.20. The Kier molecular flexibility index (Phi) is 5.95. The lowest BCUT2D eigenvalue weighted by Crippen LogP contribution is -2.49. The predicted octanol–water partition coefficient (Wildman–Crippen LogP) is 3.00. The molecule has 1 saturated heterocycles. The minimum Gasteiger partial charge on any atom is -0.316 e. The topological polar surface area (TPSA) is 82.0 Å². The van der Waals surface area contributed by atoms with Crippen molar-refractivity contribution < 1.29 is 8.42 Å². The second-order valence-corrected chi connectivity index (χ2v) is 9.47. The molecule has 0 unspecified atom stereocenters. The first kappa shape index (κ1) is 19.6. The van der Waals surface area contributed by atoms with Crippen molar-refractivity contribution >= 4 is 10.0 Å². The summed E-state index contributed by atoms with van der Waals surface area (Å²) in [6, 6.07) is 17.7. The van der Waals surface area contributed by atoms with Gasteiger partial charge >= 0.3 is 0 Å². The number of sulfonamides is 1. The highest BCUT2D eigenvalue weighted by Gasteiger charge is 2.30. The molecule has 0 bridgehead atoms. The van der Waals surface area contributed by atoms with Crippen LogP contribution in [-0.2, 0) is 10.0 Å². The van der Waals surface area contributed by atoms with Gasteiger partial charge in [-0.05, 0) is 49.6 Å². The van der Waals surface area contributed by atoms with Crippen LogP contribution >= 0.6 is 0 Å². The number of rotatable bonds is 5. The minimum absolute atomic E-state index is 0.0764. The van der Waals surface area contributed by atoms with E-state index in [2.05, 4.69) is 16.1 Å². The Morgan fingerprint density at radius 3 is 2.52 bits per heavy atom. The molecule has 3 rings (SSSR count). The number of hydrogen-bond donors (Lipinski definition) is 2. The molecule has 0 aromatic heterocycles. The monoisotopic (exact) mass is 383 g/mol. The highest BCUT2D eigenvalue weighted by atomic mass is 32.2. The maximum atomic E-state index is 12.3. The van der Waals surface area contributed by atoms with Crippen LogP contribution in [0.2, 0.25) is 0 Å². The van der Waals surface area contributed by atoms with Crippen LogP contribution in [0.25, 0.3) is 11.1 Å². The van der Waals surface area contributed by atoms with E-state index in [-0.39, 0.29) is 12.0 Å². The van der Waals surface area contributed by atoms with Crippen molar-refractivity contribution in [2.45, 2.75) is 37.5 Å². The van der Waals surface area contributed by atoms with E-state index in [0.29, 0.717) is 5.56 Å². The molecule has 2 atom stereocenters. The molecule has 2 aromatic rings. The van der Waals surface area contributed by atoms with Crippen molar-refractivity contribution in [3.05, 3.63) is 59.7 Å². The average Bonchev–Trinajstić information content (AvgIpc) is 2.68. The van der Waals surface area contributed by atoms with Crippen LogP contribution in [0.1, 0.15) is 37.3 Å². The lowest BCUT2D eigenvalue weighted by molar-refractivity contribution is 0.377. The Balaban J connectivity index is 1.85. The molecule has 1 fully saturated rings. The lowest BCUT2D eigenvalue weighted by atomic mass is 9.86. The van der Waals surface area contributed by atoms with Crippen molar-refractivity contribution in [1.29, 1.82) is 5.26 Å². The fourth-order valence-corrected chi connectivity index (χ4v) is 4.42. The van der Waals surface area contributed by atoms with Gasteiger partial charge in [0.1, 0.15) is 0 Å². The van der Waals surface area contributed by atoms with Gasteiger partial charge in [0.05, 0.1) is 16.9 Å². The molecule has 2 N–H and O–H groups in total. The molecule has 142 valence electrons. The molecule has 6 heteroatoms. The van der Waals surface area contributed by atoms with Gasteiger partial charge in [-0.1, -0.05) is 42.5 Å². The van der Waals surface area contributed by atoms with E-state index in [9.17, 15) is 13.7 Å². The Morgan fingerprint density at radius 2 is 1.85 bits per heavy atom. The first-order valence-corrected chi connectivity index (χ1v) is 10.8. The van der Waals surface area contributed by atoms with Gasteiger partial charge in [-0.3, -0.25) is 0 Å². The molecule has 0 aliphatic carbocycles. The fourth-order valence-electron chi connectivity index (χ4n) is 3.44. The maximum Gasteiger partial charge on any atom is 0.214 e. The van der Waals surface area contributed by atoms with E-state index < -0.39 is 15.3 Å². The summed E-state index contributed by atoms with van der Waals surface area (Å²) in [6.07, 6.45) is 0.760. The van der Waals surface area contributed by atoms with E-state index in [1.807, 2.05) is 48.5 Å². The zero-order chi connectivity index (χ0) is 19.4. The van der Waals surface area contributed by atoms with Gasteiger partial charge in [-0.15, -0.1) is 0 Å². The molecule has 1 aliphatic rings. The lowest BCUT2D eigenvalue weighted by Gasteiger charge is -2.33. The summed E-state index contributed by atoms with van der Waals surface area (Å²) in [4.78, 5) is 0. The number of piperidine rings is 1. The van der Waals surface area contributed by atoms with Crippen LogP contribution in [0.4, 0.5) is 0 Å². The van der Waals surface area contributed by atoms with Gasteiger partial charge in [0.25, 0.3) is 0 Å². The van der Waals surface area contributed by atoms with Crippen molar-refractivity contribution in [1.82, 2.24) is 10.0 Å². The smallest absolute Gasteiger partial charge is 0.214 e. The molecule has 27 heavy (non-hydrogen) atoms. The largest absolute Gasteiger partial charge is 0.316 e. The second kappa shape index (κ2) is 8.22. The standard InChI is InChI=1S/C21H25N3O2S/c1-15(2)27(25,26)24-21-11-12-23-14-20(21)17-9-7-16(8-10-17)19-6-4-3-5-18(19)13-22/h3-10,15,20-21,23-24H,11-12,14H2,1-2H3/t20-,21+/m1/s1. The van der Waals surface area contributed by atoms with Gasteiger partial charge in [-0.2, -0.15) is 5.26 Å². The molecule has 5 nitrogen and oxygen atoms in total. The zero-order valence-corrected chi connectivity index (χ0v) is 16.5. The summed E-state index contributed by atoms with van der Waals surface area (Å²) in [5.74, 6) is 0.0764. The Bertz CT molecular complexity index is 931. The molecular formula is C21H25N3O2S. The normalized spacial score (nSPS) is 20.4. The summed E-state index contributed by atoms with van der Waals surface area (Å²) >= 11 is 0. The van der Waals surface area contributed by atoms with Crippen molar-refractivity contribution in [3.8, 4) is 17.2 Å². The predicted molar refractivity (Wildman–Crippen MR) is 108 cm³/mol. The maximum absolute atomic E-state index is 12.3. The van der Waals surface area contributed by atoms with Crippen molar-refractivity contribution in [2.75, 3.05) is 13.1 Å². The number of nitrogens with zero attached hydrogens (tertiary/aromatic N) is 1. The summed E-state index contributed by atoms with van der Waals surface area (Å²) in [5, 5.41) is 12.2. The van der Waals surface area contributed by atoms with Crippen LogP contribution in [0.15, 0.2) is 48.5 Å². The van der Waals surface area contributed by atoms with Gasteiger partial charge in [-0.25, -0.2) is 13.1 Å². The average molecular weight is 384 g/mol. The Hall–Kier alpha value is -2.20. The fraction of sp³-hybridized carbons (Fsp3) is 0.381. The third kappa shape index (κ3) is 4.38. The van der Waals surface area contributed by atoms with Gasteiger partial charge in [0.15, 0.2) is 0 Å².